The quantitative estimate of drug-likeness (QED) is 0.210. The van der Waals surface area contributed by atoms with Gasteiger partial charge in [0.15, 0.2) is 0 Å². The minimum atomic E-state index is 0.883. The molecule has 202 valence electrons. The van der Waals surface area contributed by atoms with Crippen molar-refractivity contribution in [2.75, 3.05) is 4.90 Å². The van der Waals surface area contributed by atoms with Gasteiger partial charge in [-0.15, -0.1) is 11.3 Å². The smallest absolute Gasteiger partial charge is 0.143 e. The molecular formula is C40H25NOS. The zero-order valence-electron chi connectivity index (χ0n) is 23.2. The van der Waals surface area contributed by atoms with Crippen LogP contribution in [0.3, 0.4) is 0 Å². The van der Waals surface area contributed by atoms with E-state index >= 15 is 0 Å². The van der Waals surface area contributed by atoms with Gasteiger partial charge in [-0.25, -0.2) is 0 Å². The highest BCUT2D eigenvalue weighted by molar-refractivity contribution is 7.25. The number of thiophene rings is 1. The minimum Gasteiger partial charge on any atom is -0.455 e. The van der Waals surface area contributed by atoms with E-state index in [4.69, 9.17) is 4.42 Å². The Balaban J connectivity index is 1.30. The van der Waals surface area contributed by atoms with Gasteiger partial charge in [0.1, 0.15) is 11.2 Å². The number of benzene rings is 7. The summed E-state index contributed by atoms with van der Waals surface area (Å²) < 4.78 is 9.21. The first kappa shape index (κ1) is 24.2. The minimum absolute atomic E-state index is 0.883. The maximum Gasteiger partial charge on any atom is 0.143 e. The molecule has 2 heterocycles. The van der Waals surface area contributed by atoms with Gasteiger partial charge in [-0.1, -0.05) is 103 Å². The monoisotopic (exact) mass is 567 g/mol. The van der Waals surface area contributed by atoms with Gasteiger partial charge in [0.2, 0.25) is 0 Å². The van der Waals surface area contributed by atoms with Crippen molar-refractivity contribution in [3.8, 4) is 11.1 Å². The fraction of sp³-hybridized carbons (Fsp3) is 0. The number of fused-ring (bicyclic) bond motifs is 8. The van der Waals surface area contributed by atoms with Gasteiger partial charge in [-0.3, -0.25) is 0 Å². The van der Waals surface area contributed by atoms with Crippen LogP contribution in [0.4, 0.5) is 17.1 Å². The summed E-state index contributed by atoms with van der Waals surface area (Å²) in [5.74, 6) is 0. The second-order valence-corrected chi connectivity index (χ2v) is 12.0. The molecule has 0 aliphatic carbocycles. The first-order chi connectivity index (χ1) is 21.3. The first-order valence-corrected chi connectivity index (χ1v) is 15.3. The summed E-state index contributed by atoms with van der Waals surface area (Å²) in [7, 11) is 0. The van der Waals surface area contributed by atoms with Crippen molar-refractivity contribution >= 4 is 81.3 Å². The lowest BCUT2D eigenvalue weighted by molar-refractivity contribution is 0.672. The highest BCUT2D eigenvalue weighted by Gasteiger charge is 2.20. The molecule has 0 saturated carbocycles. The molecule has 0 fully saturated rings. The number of hydrogen-bond donors (Lipinski definition) is 0. The third-order valence-corrected chi connectivity index (χ3v) is 9.59. The highest BCUT2D eigenvalue weighted by Crippen LogP contribution is 2.45. The predicted octanol–water partition coefficient (Wildman–Crippen LogP) is 12.2. The molecule has 2 aromatic heterocycles. The molecule has 0 unspecified atom stereocenters. The van der Waals surface area contributed by atoms with Gasteiger partial charge >= 0.3 is 0 Å². The molecule has 9 rings (SSSR count). The maximum atomic E-state index is 6.63. The van der Waals surface area contributed by atoms with Gasteiger partial charge in [-0.2, -0.15) is 0 Å². The molecular weight excluding hydrogens is 543 g/mol. The van der Waals surface area contributed by atoms with Gasteiger partial charge in [0, 0.05) is 59.3 Å². The zero-order valence-corrected chi connectivity index (χ0v) is 24.0. The summed E-state index contributed by atoms with van der Waals surface area (Å²) in [5, 5.41) is 7.19. The van der Waals surface area contributed by atoms with Crippen molar-refractivity contribution < 1.29 is 4.42 Å². The lowest BCUT2D eigenvalue weighted by Crippen LogP contribution is -2.11. The Morgan fingerprint density at radius 3 is 2.05 bits per heavy atom. The Kier molecular flexibility index (Phi) is 5.40. The Morgan fingerprint density at radius 1 is 0.465 bits per heavy atom. The molecule has 2 nitrogen and oxygen atoms in total. The Labute approximate surface area is 252 Å². The van der Waals surface area contributed by atoms with Crippen molar-refractivity contribution in [1.82, 2.24) is 0 Å². The Morgan fingerprint density at radius 2 is 1.14 bits per heavy atom. The molecule has 0 bridgehead atoms. The molecule has 7 aromatic carbocycles. The summed E-state index contributed by atoms with van der Waals surface area (Å²) in [6.07, 6.45) is 0. The van der Waals surface area contributed by atoms with Crippen LogP contribution >= 0.6 is 11.3 Å². The average molecular weight is 568 g/mol. The van der Waals surface area contributed by atoms with Crippen molar-refractivity contribution in [2.24, 2.45) is 0 Å². The topological polar surface area (TPSA) is 16.4 Å². The van der Waals surface area contributed by atoms with Crippen LogP contribution in [0.15, 0.2) is 156 Å². The van der Waals surface area contributed by atoms with E-state index in [0.717, 1.165) is 44.4 Å². The van der Waals surface area contributed by atoms with E-state index in [1.54, 1.807) is 0 Å². The summed E-state index contributed by atoms with van der Waals surface area (Å²) in [6.45, 7) is 0. The van der Waals surface area contributed by atoms with Crippen molar-refractivity contribution in [3.63, 3.8) is 0 Å². The van der Waals surface area contributed by atoms with Gasteiger partial charge in [0.05, 0.1) is 5.69 Å². The lowest BCUT2D eigenvalue weighted by atomic mass is 10.0. The normalized spacial score (nSPS) is 11.7. The first-order valence-electron chi connectivity index (χ1n) is 14.5. The largest absolute Gasteiger partial charge is 0.455 e. The van der Waals surface area contributed by atoms with E-state index in [1.165, 1.54) is 36.7 Å². The molecule has 9 aromatic rings. The molecule has 43 heavy (non-hydrogen) atoms. The van der Waals surface area contributed by atoms with E-state index in [9.17, 15) is 0 Å². The SMILES string of the molecule is c1ccc(-c2ccccc2N(c2ccc3c(c2)oc2c4ccccc4ccc32)c2ccc3c(c2)sc2ccccc23)cc1. The molecule has 0 N–H and O–H groups in total. The molecule has 0 spiro atoms. The van der Waals surface area contributed by atoms with Crippen molar-refractivity contribution in [3.05, 3.63) is 152 Å². The van der Waals surface area contributed by atoms with Gasteiger partial charge in [-0.05, 0) is 53.4 Å². The predicted molar refractivity (Wildman–Crippen MR) is 184 cm³/mol. The van der Waals surface area contributed by atoms with Crippen molar-refractivity contribution in [2.45, 2.75) is 0 Å². The van der Waals surface area contributed by atoms with Crippen LogP contribution in [0, 0.1) is 0 Å². The van der Waals surface area contributed by atoms with E-state index in [-0.39, 0.29) is 0 Å². The maximum absolute atomic E-state index is 6.63. The van der Waals surface area contributed by atoms with Crippen LogP contribution in [0.1, 0.15) is 0 Å². The van der Waals surface area contributed by atoms with Crippen LogP contribution in [-0.2, 0) is 0 Å². The van der Waals surface area contributed by atoms with Crippen LogP contribution in [0.25, 0.3) is 64.0 Å². The van der Waals surface area contributed by atoms with E-state index in [1.807, 2.05) is 11.3 Å². The van der Waals surface area contributed by atoms with Crippen LogP contribution in [-0.4, -0.2) is 0 Å². The van der Waals surface area contributed by atoms with Crippen LogP contribution in [0.2, 0.25) is 0 Å². The number of furan rings is 1. The van der Waals surface area contributed by atoms with Crippen molar-refractivity contribution in [1.29, 1.82) is 0 Å². The molecule has 0 aliphatic heterocycles. The van der Waals surface area contributed by atoms with Gasteiger partial charge in [0.25, 0.3) is 0 Å². The van der Waals surface area contributed by atoms with Crippen LogP contribution in [0.5, 0.6) is 0 Å². The number of para-hydroxylation sites is 1. The third kappa shape index (κ3) is 3.86. The second kappa shape index (κ2) is 9.59. The number of nitrogens with zero attached hydrogens (tertiary/aromatic N) is 1. The summed E-state index contributed by atoms with van der Waals surface area (Å²) >= 11 is 1.85. The fourth-order valence-corrected chi connectivity index (χ4v) is 7.58. The number of anilines is 3. The summed E-state index contributed by atoms with van der Waals surface area (Å²) in [4.78, 5) is 2.37. The lowest BCUT2D eigenvalue weighted by Gasteiger charge is -2.28. The molecule has 3 heteroatoms. The molecule has 0 saturated heterocycles. The molecule has 0 amide bonds. The average Bonchev–Trinajstić information content (AvgIpc) is 3.63. The molecule has 0 radical (unpaired) electrons. The third-order valence-electron chi connectivity index (χ3n) is 8.46. The fourth-order valence-electron chi connectivity index (χ4n) is 6.44. The standard InChI is InChI=1S/C40H25NOS/c1-2-10-26(11-3-1)30-13-6-8-16-36(30)41(29-20-23-34-33-15-7-9-17-38(33)43-39(34)25-29)28-19-22-32-35-21-18-27-12-4-5-14-31(27)40(35)42-37(32)24-28/h1-25H. The molecule has 0 atom stereocenters. The van der Waals surface area contributed by atoms with Gasteiger partial charge < -0.3 is 9.32 Å². The zero-order chi connectivity index (χ0) is 28.3. The van der Waals surface area contributed by atoms with Crippen LogP contribution < -0.4 is 4.90 Å². The highest BCUT2D eigenvalue weighted by atomic mass is 32.1. The Bertz CT molecular complexity index is 2470. The molecule has 0 aliphatic rings. The summed E-state index contributed by atoms with van der Waals surface area (Å²) in [5.41, 5.74) is 7.47. The van der Waals surface area contributed by atoms with E-state index in [0.29, 0.717) is 0 Å². The Hall–Kier alpha value is -5.38. The second-order valence-electron chi connectivity index (χ2n) is 10.9. The van der Waals surface area contributed by atoms with E-state index < -0.39 is 0 Å². The summed E-state index contributed by atoms with van der Waals surface area (Å²) in [6, 6.07) is 54.2. The van der Waals surface area contributed by atoms with E-state index in [2.05, 4.69) is 157 Å². The number of rotatable bonds is 4. The number of hydrogen-bond acceptors (Lipinski definition) is 3.